The lowest BCUT2D eigenvalue weighted by Gasteiger charge is -2.39. The van der Waals surface area contributed by atoms with Gasteiger partial charge in [0, 0.05) is 31.7 Å². The highest BCUT2D eigenvalue weighted by atomic mass is 16.5. The normalized spacial score (nSPS) is 34.7. The van der Waals surface area contributed by atoms with Crippen molar-refractivity contribution in [1.29, 1.82) is 0 Å². The van der Waals surface area contributed by atoms with Gasteiger partial charge in [-0.25, -0.2) is 0 Å². The van der Waals surface area contributed by atoms with Crippen LogP contribution >= 0.6 is 0 Å². The van der Waals surface area contributed by atoms with Gasteiger partial charge in [-0.2, -0.15) is 0 Å². The first-order valence-corrected chi connectivity index (χ1v) is 7.87. The second-order valence-electron chi connectivity index (χ2n) is 5.96. The molecule has 0 aromatic rings. The van der Waals surface area contributed by atoms with Crippen LogP contribution in [0.15, 0.2) is 0 Å². The molecular formula is C15H30N2O. The van der Waals surface area contributed by atoms with Crippen molar-refractivity contribution >= 4 is 0 Å². The Hall–Kier alpha value is -0.120. The largest absolute Gasteiger partial charge is 0.381 e. The lowest BCUT2D eigenvalue weighted by molar-refractivity contribution is 0.0106. The van der Waals surface area contributed by atoms with Gasteiger partial charge in [0.25, 0.3) is 0 Å². The van der Waals surface area contributed by atoms with E-state index in [9.17, 15) is 0 Å². The minimum absolute atomic E-state index is 0.672. The summed E-state index contributed by atoms with van der Waals surface area (Å²) in [5, 5.41) is 3.64. The predicted molar refractivity (Wildman–Crippen MR) is 75.8 cm³/mol. The zero-order chi connectivity index (χ0) is 12.8. The summed E-state index contributed by atoms with van der Waals surface area (Å²) in [5.41, 5.74) is 0. The molecule has 0 aliphatic carbocycles. The van der Waals surface area contributed by atoms with Gasteiger partial charge in [0.2, 0.25) is 0 Å². The van der Waals surface area contributed by atoms with Crippen LogP contribution in [0.5, 0.6) is 0 Å². The van der Waals surface area contributed by atoms with Crippen LogP contribution in [0.4, 0.5) is 0 Å². The summed E-state index contributed by atoms with van der Waals surface area (Å²) >= 11 is 0. The first kappa shape index (κ1) is 14.3. The third-order valence-corrected chi connectivity index (χ3v) is 4.61. The molecule has 2 fully saturated rings. The molecular weight excluding hydrogens is 224 g/mol. The van der Waals surface area contributed by atoms with Crippen LogP contribution in [0.25, 0.3) is 0 Å². The average Bonchev–Trinajstić information content (AvgIpc) is 2.41. The molecule has 0 radical (unpaired) electrons. The van der Waals surface area contributed by atoms with Gasteiger partial charge in [0.05, 0.1) is 6.61 Å². The molecule has 3 atom stereocenters. The van der Waals surface area contributed by atoms with E-state index in [1.165, 1.54) is 45.3 Å². The molecule has 0 aromatic heterocycles. The summed E-state index contributed by atoms with van der Waals surface area (Å²) in [4.78, 5) is 2.68. The first-order valence-electron chi connectivity index (χ1n) is 7.87. The molecule has 2 aliphatic rings. The molecule has 2 rings (SSSR count). The third-order valence-electron chi connectivity index (χ3n) is 4.61. The van der Waals surface area contributed by atoms with Crippen LogP contribution in [0.2, 0.25) is 0 Å². The molecule has 0 amide bonds. The van der Waals surface area contributed by atoms with Crippen molar-refractivity contribution in [2.24, 2.45) is 11.8 Å². The Balaban J connectivity index is 1.82. The van der Waals surface area contributed by atoms with Crippen LogP contribution in [-0.4, -0.2) is 50.3 Å². The number of nitrogens with zero attached hydrogens (tertiary/aromatic N) is 1. The third kappa shape index (κ3) is 3.94. The Morgan fingerprint density at radius 1 is 1.28 bits per heavy atom. The Labute approximate surface area is 112 Å². The molecule has 0 spiro atoms. The van der Waals surface area contributed by atoms with E-state index in [-0.39, 0.29) is 0 Å². The second-order valence-corrected chi connectivity index (χ2v) is 5.96. The van der Waals surface area contributed by atoms with Gasteiger partial charge in [0.1, 0.15) is 0 Å². The Kier molecular flexibility index (Phi) is 5.93. The van der Waals surface area contributed by atoms with Crippen LogP contribution < -0.4 is 5.32 Å². The number of likely N-dealkylation sites (tertiary alicyclic amines) is 1. The molecule has 1 N–H and O–H groups in total. The van der Waals surface area contributed by atoms with Crippen LogP contribution in [0.3, 0.4) is 0 Å². The summed E-state index contributed by atoms with van der Waals surface area (Å²) in [5.74, 6) is 1.62. The summed E-state index contributed by atoms with van der Waals surface area (Å²) in [7, 11) is 0. The summed E-state index contributed by atoms with van der Waals surface area (Å²) < 4.78 is 5.69. The van der Waals surface area contributed by atoms with Gasteiger partial charge in [0.15, 0.2) is 0 Å². The highest BCUT2D eigenvalue weighted by Crippen LogP contribution is 2.22. The summed E-state index contributed by atoms with van der Waals surface area (Å²) in [6, 6.07) is 0.672. The highest BCUT2D eigenvalue weighted by Gasteiger charge is 2.28. The SMILES string of the molecule is CCNC1CCOCC1CN1CCCC(CC)C1. The van der Waals surface area contributed by atoms with Gasteiger partial charge >= 0.3 is 0 Å². The number of piperidine rings is 1. The Morgan fingerprint density at radius 3 is 2.94 bits per heavy atom. The van der Waals surface area contributed by atoms with Gasteiger partial charge in [-0.05, 0) is 38.3 Å². The maximum Gasteiger partial charge on any atom is 0.0521 e. The van der Waals surface area contributed by atoms with Gasteiger partial charge in [-0.15, -0.1) is 0 Å². The minimum atomic E-state index is 0.672. The highest BCUT2D eigenvalue weighted by molar-refractivity contribution is 4.83. The molecule has 2 saturated heterocycles. The van der Waals surface area contributed by atoms with Gasteiger partial charge < -0.3 is 15.0 Å². The average molecular weight is 254 g/mol. The minimum Gasteiger partial charge on any atom is -0.381 e. The molecule has 3 nitrogen and oxygen atoms in total. The van der Waals surface area contributed by atoms with E-state index in [1.54, 1.807) is 0 Å². The lowest BCUT2D eigenvalue weighted by Crippen LogP contribution is -2.49. The van der Waals surface area contributed by atoms with E-state index in [1.807, 2.05) is 0 Å². The molecule has 0 aromatic carbocycles. The van der Waals surface area contributed by atoms with E-state index in [0.29, 0.717) is 12.0 Å². The second kappa shape index (κ2) is 7.46. The monoisotopic (exact) mass is 254 g/mol. The fourth-order valence-electron chi connectivity index (χ4n) is 3.49. The number of hydrogen-bond donors (Lipinski definition) is 1. The standard InChI is InChI=1S/C15H30N2O/c1-3-13-6-5-8-17(10-13)11-14-12-18-9-7-15(14)16-4-2/h13-16H,3-12H2,1-2H3. The molecule has 0 saturated carbocycles. The summed E-state index contributed by atoms with van der Waals surface area (Å²) in [6.45, 7) is 11.3. The van der Waals surface area contributed by atoms with E-state index in [4.69, 9.17) is 4.74 Å². The van der Waals surface area contributed by atoms with Crippen molar-refractivity contribution in [2.75, 3.05) is 39.4 Å². The van der Waals surface area contributed by atoms with Crippen molar-refractivity contribution in [3.63, 3.8) is 0 Å². The van der Waals surface area contributed by atoms with E-state index in [0.717, 1.165) is 25.7 Å². The first-order chi connectivity index (χ1) is 8.83. The number of nitrogens with one attached hydrogen (secondary N) is 1. The fraction of sp³-hybridized carbons (Fsp3) is 1.00. The van der Waals surface area contributed by atoms with E-state index < -0.39 is 0 Å². The molecule has 2 aliphatic heterocycles. The molecule has 18 heavy (non-hydrogen) atoms. The van der Waals surface area contributed by atoms with Crippen molar-refractivity contribution in [1.82, 2.24) is 10.2 Å². The quantitative estimate of drug-likeness (QED) is 0.813. The molecule has 2 heterocycles. The van der Waals surface area contributed by atoms with Crippen LogP contribution in [0, 0.1) is 11.8 Å². The summed E-state index contributed by atoms with van der Waals surface area (Å²) in [6.07, 6.45) is 5.35. The van der Waals surface area contributed by atoms with Crippen LogP contribution in [0.1, 0.15) is 39.5 Å². The van der Waals surface area contributed by atoms with E-state index >= 15 is 0 Å². The fourth-order valence-corrected chi connectivity index (χ4v) is 3.49. The Morgan fingerprint density at radius 2 is 2.17 bits per heavy atom. The zero-order valence-electron chi connectivity index (χ0n) is 12.2. The van der Waals surface area contributed by atoms with Crippen LogP contribution in [-0.2, 0) is 4.74 Å². The number of hydrogen-bond acceptors (Lipinski definition) is 3. The van der Waals surface area contributed by atoms with Gasteiger partial charge in [-0.1, -0.05) is 20.3 Å². The molecule has 0 bridgehead atoms. The maximum absolute atomic E-state index is 5.69. The number of rotatable bonds is 5. The van der Waals surface area contributed by atoms with Crippen molar-refractivity contribution in [2.45, 2.75) is 45.6 Å². The molecule has 3 unspecified atom stereocenters. The van der Waals surface area contributed by atoms with Gasteiger partial charge in [-0.3, -0.25) is 0 Å². The maximum atomic E-state index is 5.69. The number of ether oxygens (including phenoxy) is 1. The topological polar surface area (TPSA) is 24.5 Å². The molecule has 3 heteroatoms. The molecule has 106 valence electrons. The van der Waals surface area contributed by atoms with Crippen molar-refractivity contribution < 1.29 is 4.74 Å². The lowest BCUT2D eigenvalue weighted by atomic mass is 9.91. The van der Waals surface area contributed by atoms with E-state index in [2.05, 4.69) is 24.1 Å². The van der Waals surface area contributed by atoms with Crippen molar-refractivity contribution in [3.05, 3.63) is 0 Å². The smallest absolute Gasteiger partial charge is 0.0521 e. The van der Waals surface area contributed by atoms with Crippen molar-refractivity contribution in [3.8, 4) is 0 Å². The predicted octanol–water partition coefficient (Wildman–Crippen LogP) is 2.12. The Bertz CT molecular complexity index is 233. The zero-order valence-corrected chi connectivity index (χ0v) is 12.2.